The van der Waals surface area contributed by atoms with Crippen LogP contribution in [0, 0.1) is 37.0 Å². The smallest absolute Gasteiger partial charge is 0.307 e. The van der Waals surface area contributed by atoms with E-state index in [2.05, 4.69) is 0 Å². The van der Waals surface area contributed by atoms with Gasteiger partial charge in [0.15, 0.2) is 6.10 Å². The fourth-order valence-corrected chi connectivity index (χ4v) is 6.23. The maximum atomic E-state index is 12.6. The van der Waals surface area contributed by atoms with Crippen molar-refractivity contribution in [1.82, 2.24) is 0 Å². The van der Waals surface area contributed by atoms with Crippen LogP contribution in [-0.2, 0) is 9.53 Å². The standard InChI is InChI=1S/C23H30O3/c1-14-4-5-20(6-15(14)2)22(25)16(3)26-21(24)13-23-10-17-7-18(11-23)9-19(8-17)12-23/h4-6,16-19H,7-13H2,1-3H3/t16-,17?,18?,19?,23?/m1/s1. The van der Waals surface area contributed by atoms with Crippen molar-refractivity contribution < 1.29 is 14.3 Å². The molecule has 3 nitrogen and oxygen atoms in total. The summed E-state index contributed by atoms with van der Waals surface area (Å²) in [6.07, 6.45) is 7.47. The van der Waals surface area contributed by atoms with Crippen molar-refractivity contribution in [1.29, 1.82) is 0 Å². The molecule has 0 N–H and O–H groups in total. The van der Waals surface area contributed by atoms with Gasteiger partial charge < -0.3 is 4.74 Å². The molecule has 1 aromatic rings. The van der Waals surface area contributed by atoms with Gasteiger partial charge in [0, 0.05) is 5.56 Å². The third-order valence-corrected chi connectivity index (χ3v) is 7.15. The molecule has 0 amide bonds. The quantitative estimate of drug-likeness (QED) is 0.550. The van der Waals surface area contributed by atoms with Gasteiger partial charge in [0.1, 0.15) is 0 Å². The van der Waals surface area contributed by atoms with Crippen LogP contribution >= 0.6 is 0 Å². The van der Waals surface area contributed by atoms with Crippen LogP contribution in [0.5, 0.6) is 0 Å². The zero-order chi connectivity index (χ0) is 18.5. The minimum Gasteiger partial charge on any atom is -0.454 e. The lowest BCUT2D eigenvalue weighted by molar-refractivity contribution is -0.154. The van der Waals surface area contributed by atoms with Gasteiger partial charge in [-0.2, -0.15) is 0 Å². The maximum Gasteiger partial charge on any atom is 0.307 e. The first kappa shape index (κ1) is 17.8. The summed E-state index contributed by atoms with van der Waals surface area (Å²) in [5.41, 5.74) is 3.04. The van der Waals surface area contributed by atoms with Crippen molar-refractivity contribution in [3.8, 4) is 0 Å². The second-order valence-corrected chi connectivity index (χ2v) is 9.39. The molecule has 140 valence electrons. The number of aryl methyl sites for hydroxylation is 2. The van der Waals surface area contributed by atoms with Gasteiger partial charge in [-0.3, -0.25) is 9.59 Å². The summed E-state index contributed by atoms with van der Waals surface area (Å²) >= 11 is 0. The number of carbonyl (C=O) groups is 2. The van der Waals surface area contributed by atoms with Gasteiger partial charge in [-0.1, -0.05) is 12.1 Å². The number of benzene rings is 1. The van der Waals surface area contributed by atoms with Gasteiger partial charge in [-0.25, -0.2) is 0 Å². The number of Topliss-reactive ketones (excluding diaryl/α,β-unsaturated/α-hetero) is 1. The van der Waals surface area contributed by atoms with Gasteiger partial charge in [0.05, 0.1) is 6.42 Å². The summed E-state index contributed by atoms with van der Waals surface area (Å²) in [5.74, 6) is 2.18. The summed E-state index contributed by atoms with van der Waals surface area (Å²) in [4.78, 5) is 25.3. The summed E-state index contributed by atoms with van der Waals surface area (Å²) in [6.45, 7) is 5.73. The van der Waals surface area contributed by atoms with Crippen LogP contribution in [0.25, 0.3) is 0 Å². The van der Waals surface area contributed by atoms with Crippen LogP contribution in [-0.4, -0.2) is 17.9 Å². The first-order chi connectivity index (χ1) is 12.3. The Hall–Kier alpha value is -1.64. The highest BCUT2D eigenvalue weighted by molar-refractivity contribution is 6.00. The number of ether oxygens (including phenoxy) is 1. The molecule has 0 radical (unpaired) electrons. The lowest BCUT2D eigenvalue weighted by Gasteiger charge is -2.56. The minimum atomic E-state index is -0.710. The van der Waals surface area contributed by atoms with Crippen LogP contribution in [0.4, 0.5) is 0 Å². The van der Waals surface area contributed by atoms with Gasteiger partial charge >= 0.3 is 5.97 Å². The Morgan fingerprint density at radius 2 is 1.62 bits per heavy atom. The first-order valence-electron chi connectivity index (χ1n) is 10.1. The first-order valence-corrected chi connectivity index (χ1v) is 10.1. The number of hydrogen-bond donors (Lipinski definition) is 0. The molecule has 4 aliphatic rings. The zero-order valence-electron chi connectivity index (χ0n) is 16.2. The fourth-order valence-electron chi connectivity index (χ4n) is 6.23. The molecule has 0 spiro atoms. The van der Waals surface area contributed by atoms with Crippen LogP contribution in [0.1, 0.15) is 73.4 Å². The Kier molecular flexibility index (Phi) is 4.45. The van der Waals surface area contributed by atoms with E-state index in [9.17, 15) is 9.59 Å². The number of rotatable bonds is 5. The molecule has 0 unspecified atom stereocenters. The number of ketones is 1. The van der Waals surface area contributed by atoms with E-state index >= 15 is 0 Å². The summed E-state index contributed by atoms with van der Waals surface area (Å²) < 4.78 is 5.59. The number of hydrogen-bond acceptors (Lipinski definition) is 3. The van der Waals surface area contributed by atoms with Gasteiger partial charge in [0.25, 0.3) is 0 Å². The van der Waals surface area contributed by atoms with E-state index in [-0.39, 0.29) is 17.2 Å². The van der Waals surface area contributed by atoms with Crippen molar-refractivity contribution in [2.24, 2.45) is 23.2 Å². The molecule has 26 heavy (non-hydrogen) atoms. The van der Waals surface area contributed by atoms with Gasteiger partial charge in [0.2, 0.25) is 5.78 Å². The van der Waals surface area contributed by atoms with Crippen molar-refractivity contribution in [3.63, 3.8) is 0 Å². The number of carbonyl (C=O) groups excluding carboxylic acids is 2. The topological polar surface area (TPSA) is 43.4 Å². The van der Waals surface area contributed by atoms with E-state index in [0.29, 0.717) is 12.0 Å². The molecule has 0 saturated heterocycles. The Labute approximate surface area is 156 Å². The molecule has 1 aromatic carbocycles. The van der Waals surface area contributed by atoms with E-state index < -0.39 is 6.10 Å². The lowest BCUT2D eigenvalue weighted by Crippen LogP contribution is -2.47. The highest BCUT2D eigenvalue weighted by Crippen LogP contribution is 2.61. The molecular formula is C23H30O3. The van der Waals surface area contributed by atoms with Crippen LogP contribution in [0.2, 0.25) is 0 Å². The molecule has 4 fully saturated rings. The third kappa shape index (κ3) is 3.33. The van der Waals surface area contributed by atoms with Gasteiger partial charge in [-0.15, -0.1) is 0 Å². The molecule has 0 heterocycles. The summed E-state index contributed by atoms with van der Waals surface area (Å²) in [7, 11) is 0. The maximum absolute atomic E-state index is 12.6. The van der Waals surface area contributed by atoms with E-state index in [0.717, 1.165) is 28.9 Å². The average molecular weight is 354 g/mol. The van der Waals surface area contributed by atoms with E-state index in [1.165, 1.54) is 38.5 Å². The van der Waals surface area contributed by atoms with Crippen molar-refractivity contribution in [3.05, 3.63) is 34.9 Å². The molecular weight excluding hydrogens is 324 g/mol. The third-order valence-electron chi connectivity index (χ3n) is 7.15. The Balaban J connectivity index is 1.38. The second kappa shape index (κ2) is 6.51. The molecule has 4 bridgehead atoms. The largest absolute Gasteiger partial charge is 0.454 e. The van der Waals surface area contributed by atoms with E-state index in [1.54, 1.807) is 6.92 Å². The highest BCUT2D eigenvalue weighted by atomic mass is 16.5. The average Bonchev–Trinajstić information content (AvgIpc) is 2.54. The fraction of sp³-hybridized carbons (Fsp3) is 0.652. The van der Waals surface area contributed by atoms with E-state index in [1.807, 2.05) is 32.0 Å². The highest BCUT2D eigenvalue weighted by Gasteiger charge is 2.51. The van der Waals surface area contributed by atoms with Crippen LogP contribution in [0.15, 0.2) is 18.2 Å². The Morgan fingerprint density at radius 3 is 2.15 bits per heavy atom. The predicted octanol–water partition coefficient (Wildman–Crippen LogP) is 5.02. The van der Waals surface area contributed by atoms with Gasteiger partial charge in [-0.05, 0) is 99.7 Å². The Morgan fingerprint density at radius 1 is 1.04 bits per heavy atom. The second-order valence-electron chi connectivity index (χ2n) is 9.39. The predicted molar refractivity (Wildman–Crippen MR) is 101 cm³/mol. The molecule has 3 heteroatoms. The number of esters is 1. The van der Waals surface area contributed by atoms with Crippen molar-refractivity contribution in [2.45, 2.75) is 71.8 Å². The SMILES string of the molecule is Cc1ccc(C(=O)[C@@H](C)OC(=O)CC23CC4CC(CC(C4)C2)C3)cc1C. The Bertz CT molecular complexity index is 698. The molecule has 4 aliphatic carbocycles. The van der Waals surface area contributed by atoms with Crippen molar-refractivity contribution in [2.75, 3.05) is 0 Å². The monoisotopic (exact) mass is 354 g/mol. The zero-order valence-corrected chi connectivity index (χ0v) is 16.2. The van der Waals surface area contributed by atoms with Crippen molar-refractivity contribution >= 4 is 11.8 Å². The lowest BCUT2D eigenvalue weighted by atomic mass is 9.49. The molecule has 5 rings (SSSR count). The normalized spacial score (nSPS) is 33.1. The van der Waals surface area contributed by atoms with Crippen LogP contribution in [0.3, 0.4) is 0 Å². The van der Waals surface area contributed by atoms with Crippen LogP contribution < -0.4 is 0 Å². The summed E-state index contributed by atoms with van der Waals surface area (Å²) in [6, 6.07) is 5.67. The summed E-state index contributed by atoms with van der Waals surface area (Å²) in [5, 5.41) is 0. The molecule has 0 aliphatic heterocycles. The molecule has 4 saturated carbocycles. The molecule has 1 atom stereocenters. The molecule has 0 aromatic heterocycles. The van der Waals surface area contributed by atoms with E-state index in [4.69, 9.17) is 4.74 Å². The minimum absolute atomic E-state index is 0.105.